The minimum absolute atomic E-state index is 0.00550. The van der Waals surface area contributed by atoms with E-state index in [1.54, 1.807) is 48.1 Å². The number of nitrogens with zero attached hydrogens (tertiary/aromatic N) is 5. The maximum Gasteiger partial charge on any atom is 0.261 e. The van der Waals surface area contributed by atoms with Gasteiger partial charge in [0.25, 0.3) is 5.91 Å². The van der Waals surface area contributed by atoms with Crippen LogP contribution in [0.4, 0.5) is 10.1 Å². The fraction of sp³-hybridized carbons (Fsp3) is 0.390. The van der Waals surface area contributed by atoms with Crippen molar-refractivity contribution in [2.24, 2.45) is 12.5 Å². The molecule has 1 saturated heterocycles. The number of hydrogen-bond acceptors (Lipinski definition) is 13. The van der Waals surface area contributed by atoms with E-state index in [1.165, 1.54) is 30.5 Å². The Kier molecular flexibility index (Phi) is 17.9. The van der Waals surface area contributed by atoms with Crippen molar-refractivity contribution < 1.29 is 42.9 Å². The molecule has 1 fully saturated rings. The number of methoxy groups -OCH3 is 1. The minimum Gasteiger partial charge on any atom is -0.493 e. The Hall–Kier alpha value is -7.77. The number of aliphatic hydroxyl groups is 1. The zero-order valence-electron chi connectivity index (χ0n) is 45.3. The molecular formula is C59H67FN8O9S. The molecule has 0 bridgehead atoms. The topological polar surface area (TPSA) is 216 Å². The molecule has 8 rings (SSSR count). The van der Waals surface area contributed by atoms with Gasteiger partial charge < -0.3 is 44.7 Å². The van der Waals surface area contributed by atoms with Gasteiger partial charge in [-0.3, -0.25) is 24.0 Å². The number of aromatic nitrogens is 4. The number of pyridine rings is 1. The van der Waals surface area contributed by atoms with E-state index in [-0.39, 0.29) is 60.6 Å². The van der Waals surface area contributed by atoms with E-state index >= 15 is 4.39 Å². The maximum absolute atomic E-state index is 15.6. The lowest BCUT2D eigenvalue weighted by Gasteiger charge is -2.35. The van der Waals surface area contributed by atoms with E-state index in [2.05, 4.69) is 30.9 Å². The van der Waals surface area contributed by atoms with Crippen LogP contribution in [-0.2, 0) is 34.4 Å². The van der Waals surface area contributed by atoms with Crippen molar-refractivity contribution in [1.82, 2.24) is 35.1 Å². The Bertz CT molecular complexity index is 3410. The van der Waals surface area contributed by atoms with Crippen LogP contribution in [-0.4, -0.2) is 91.6 Å². The monoisotopic (exact) mass is 1080 g/mol. The summed E-state index contributed by atoms with van der Waals surface area (Å²) in [6.07, 6.45) is 5.25. The lowest BCUT2D eigenvalue weighted by Crippen LogP contribution is -2.57. The number of nitrogens with one attached hydrogen (secondary N) is 3. The number of amides is 4. The van der Waals surface area contributed by atoms with Gasteiger partial charge in [-0.05, 0) is 85.5 Å². The highest BCUT2D eigenvalue weighted by Gasteiger charge is 2.44. The Morgan fingerprint density at radius 2 is 1.63 bits per heavy atom. The second-order valence-electron chi connectivity index (χ2n) is 20.8. The van der Waals surface area contributed by atoms with E-state index in [4.69, 9.17) is 14.2 Å². The molecule has 1 aliphatic heterocycles. The number of ether oxygens (including phenoxy) is 3. The van der Waals surface area contributed by atoms with Crippen LogP contribution < -0.4 is 35.6 Å². The van der Waals surface area contributed by atoms with Crippen molar-refractivity contribution >= 4 is 62.5 Å². The van der Waals surface area contributed by atoms with Gasteiger partial charge >= 0.3 is 0 Å². The van der Waals surface area contributed by atoms with Crippen molar-refractivity contribution in [3.63, 3.8) is 0 Å². The van der Waals surface area contributed by atoms with Crippen LogP contribution in [0, 0.1) is 25.1 Å². The number of rotatable bonds is 21. The molecular weight excluding hydrogens is 1020 g/mol. The molecule has 7 aromatic rings. The summed E-state index contributed by atoms with van der Waals surface area (Å²) in [5.74, 6) is -1.72. The van der Waals surface area contributed by atoms with Crippen molar-refractivity contribution in [2.45, 2.75) is 118 Å². The standard InChI is InChI=1S/C59H67FN8O9S/c1-9-36-18-22-45-42(25-36)52(71)51(35(3)67(45)7)56(73)65-39-21-23-47(43(60)26-39)77-57-41-28-48(75-8)49(29-44(41)62-32-63-57)76-24-14-12-10-11-13-15-50(70)66-54(59(4,5)6)58(74)68-31-40(69)27-46(68)55(72)61-30-37-16-19-38(20-17-37)53-34(2)64-33-78-53/h16-23,25-26,28-29,32-33,40,46,54,69H,9-15,24,27,30-31H2,1-8H3,(H,61,72)(H,65,73)(H,66,70)/t40-,46+,54-/m1/s1. The van der Waals surface area contributed by atoms with Crippen LogP contribution in [0.3, 0.4) is 0 Å². The number of hydrogen-bond donors (Lipinski definition) is 4. The first-order valence-electron chi connectivity index (χ1n) is 26.3. The first-order chi connectivity index (χ1) is 37.3. The fourth-order valence-electron chi connectivity index (χ4n) is 9.66. The van der Waals surface area contributed by atoms with Crippen LogP contribution in [0.15, 0.2) is 89.4 Å². The smallest absolute Gasteiger partial charge is 0.261 e. The molecule has 1 aliphatic rings. The number of benzene rings is 4. The predicted octanol–water partition coefficient (Wildman–Crippen LogP) is 9.51. The van der Waals surface area contributed by atoms with E-state index in [0.717, 1.165) is 65.4 Å². The molecule has 3 atom stereocenters. The molecule has 0 unspecified atom stereocenters. The normalized spacial score (nSPS) is 14.8. The average molecular weight is 1080 g/mol. The van der Waals surface area contributed by atoms with Gasteiger partial charge in [-0.1, -0.05) is 77.3 Å². The summed E-state index contributed by atoms with van der Waals surface area (Å²) in [7, 11) is 3.29. The lowest BCUT2D eigenvalue weighted by molar-refractivity contribution is -0.144. The maximum atomic E-state index is 15.6. The number of aryl methyl sites for hydroxylation is 3. The number of thiazole rings is 1. The second kappa shape index (κ2) is 24.7. The summed E-state index contributed by atoms with van der Waals surface area (Å²) in [6, 6.07) is 19.0. The average Bonchev–Trinajstić information content (AvgIpc) is 4.06. The van der Waals surface area contributed by atoms with Crippen LogP contribution in [0.1, 0.15) is 106 Å². The van der Waals surface area contributed by atoms with Crippen molar-refractivity contribution in [3.8, 4) is 33.6 Å². The second-order valence-corrected chi connectivity index (χ2v) is 21.6. The molecule has 19 heteroatoms. The number of aliphatic hydroxyl groups excluding tert-OH is 1. The first-order valence-corrected chi connectivity index (χ1v) is 27.1. The van der Waals surface area contributed by atoms with Crippen molar-refractivity contribution in [1.29, 1.82) is 0 Å². The third kappa shape index (κ3) is 13.0. The highest BCUT2D eigenvalue weighted by molar-refractivity contribution is 7.13. The third-order valence-electron chi connectivity index (χ3n) is 14.2. The van der Waals surface area contributed by atoms with E-state index in [1.807, 2.05) is 76.5 Å². The minimum atomic E-state index is -0.910. The van der Waals surface area contributed by atoms with E-state index in [9.17, 15) is 29.1 Å². The Morgan fingerprint density at radius 1 is 0.885 bits per heavy atom. The number of carbonyl (C=O) groups excluding carboxylic acids is 4. The summed E-state index contributed by atoms with van der Waals surface area (Å²) in [5, 5.41) is 20.1. The number of β-amino-alcohol motifs (C(OH)–C–C–N with tert-alkyl or cyclic N) is 1. The van der Waals surface area contributed by atoms with Gasteiger partial charge in [0, 0.05) is 61.9 Å². The Labute approximate surface area is 456 Å². The quantitative estimate of drug-likeness (QED) is 0.0495. The molecule has 4 aromatic carbocycles. The highest BCUT2D eigenvalue weighted by Crippen LogP contribution is 2.37. The first kappa shape index (κ1) is 56.4. The van der Waals surface area contributed by atoms with Gasteiger partial charge in [-0.2, -0.15) is 0 Å². The number of unbranched alkanes of at least 4 members (excludes halogenated alkanes) is 4. The summed E-state index contributed by atoms with van der Waals surface area (Å²) in [5.41, 5.74) is 6.36. The van der Waals surface area contributed by atoms with Crippen LogP contribution in [0.2, 0.25) is 0 Å². The van der Waals surface area contributed by atoms with E-state index in [0.29, 0.717) is 52.0 Å². The molecule has 4 heterocycles. The van der Waals surface area contributed by atoms with Gasteiger partial charge in [0.05, 0.1) is 52.3 Å². The summed E-state index contributed by atoms with van der Waals surface area (Å²) in [6.45, 7) is 11.9. The molecule has 0 radical (unpaired) electrons. The number of fused-ring (bicyclic) bond motifs is 2. The summed E-state index contributed by atoms with van der Waals surface area (Å²) >= 11 is 1.57. The number of anilines is 1. The zero-order chi connectivity index (χ0) is 55.8. The molecule has 4 N–H and O–H groups in total. The van der Waals surface area contributed by atoms with Gasteiger partial charge in [0.2, 0.25) is 29.0 Å². The van der Waals surface area contributed by atoms with Crippen molar-refractivity contribution in [3.05, 3.63) is 129 Å². The predicted molar refractivity (Wildman–Crippen MR) is 299 cm³/mol. The third-order valence-corrected chi connectivity index (χ3v) is 15.2. The van der Waals surface area contributed by atoms with Crippen LogP contribution in [0.5, 0.6) is 23.1 Å². The van der Waals surface area contributed by atoms with Gasteiger partial charge in [0.15, 0.2) is 23.1 Å². The molecule has 0 aliphatic carbocycles. The summed E-state index contributed by atoms with van der Waals surface area (Å²) < 4.78 is 35.2. The SMILES string of the molecule is CCc1ccc2c(c1)c(=O)c(C(=O)Nc1ccc(Oc3ncnc4cc(OCCCCCCCC(=O)N[C@H](C(=O)N5C[C@H](O)C[C@H]5C(=O)NCc5ccc(-c6scnc6C)cc5)C(C)(C)C)c(OC)cc34)c(F)c1)c(C)n2C. The fourth-order valence-corrected chi connectivity index (χ4v) is 10.5. The number of likely N-dealkylation sites (tertiary alicyclic amines) is 1. The molecule has 78 heavy (non-hydrogen) atoms. The Balaban J connectivity index is 0.786. The number of carbonyl (C=O) groups is 4. The summed E-state index contributed by atoms with van der Waals surface area (Å²) in [4.78, 5) is 83.4. The lowest BCUT2D eigenvalue weighted by atomic mass is 9.85. The molecule has 4 amide bonds. The highest BCUT2D eigenvalue weighted by atomic mass is 32.1. The molecule has 0 spiro atoms. The van der Waals surface area contributed by atoms with E-state index < -0.39 is 46.7 Å². The zero-order valence-corrected chi connectivity index (χ0v) is 46.1. The molecule has 410 valence electrons. The molecule has 3 aromatic heterocycles. The van der Waals surface area contributed by atoms with Gasteiger partial charge in [-0.15, -0.1) is 11.3 Å². The Morgan fingerprint density at radius 3 is 2.33 bits per heavy atom. The molecule has 17 nitrogen and oxygen atoms in total. The van der Waals surface area contributed by atoms with Gasteiger partial charge in [-0.25, -0.2) is 19.3 Å². The largest absolute Gasteiger partial charge is 0.493 e. The molecule has 0 saturated carbocycles. The van der Waals surface area contributed by atoms with Gasteiger partial charge in [0.1, 0.15) is 24.0 Å². The van der Waals surface area contributed by atoms with Crippen LogP contribution in [0.25, 0.3) is 32.2 Å². The number of halogens is 1. The van der Waals surface area contributed by atoms with Crippen molar-refractivity contribution in [2.75, 3.05) is 25.6 Å². The van der Waals surface area contributed by atoms with Crippen LogP contribution >= 0.6 is 11.3 Å².